The Morgan fingerprint density at radius 3 is 2.85 bits per heavy atom. The first-order valence-corrected chi connectivity index (χ1v) is 7.49. The zero-order valence-corrected chi connectivity index (χ0v) is 12.4. The molecule has 1 saturated carbocycles. The van der Waals surface area contributed by atoms with Gasteiger partial charge in [-0.3, -0.25) is 0 Å². The standard InChI is InChI=1S/C14H15BrFN3O/c15-11-7-8(16)5-6-9(11)13-18-14(20-19-13)10-3-1-2-4-12(10)17/h5-7,10,12H,1-4,17H2. The van der Waals surface area contributed by atoms with Gasteiger partial charge in [-0.25, -0.2) is 4.39 Å². The summed E-state index contributed by atoms with van der Waals surface area (Å²) in [5.74, 6) is 0.871. The summed E-state index contributed by atoms with van der Waals surface area (Å²) in [6.45, 7) is 0. The zero-order valence-electron chi connectivity index (χ0n) is 10.9. The normalized spacial score (nSPS) is 22.9. The molecule has 1 aliphatic rings. The molecule has 106 valence electrons. The molecule has 2 atom stereocenters. The fourth-order valence-electron chi connectivity index (χ4n) is 2.63. The van der Waals surface area contributed by atoms with Crippen LogP contribution in [0.25, 0.3) is 11.4 Å². The fourth-order valence-corrected chi connectivity index (χ4v) is 3.16. The summed E-state index contributed by atoms with van der Waals surface area (Å²) >= 11 is 3.31. The van der Waals surface area contributed by atoms with Crippen LogP contribution in [0.1, 0.15) is 37.5 Å². The maximum Gasteiger partial charge on any atom is 0.231 e. The largest absolute Gasteiger partial charge is 0.339 e. The van der Waals surface area contributed by atoms with Crippen LogP contribution in [0, 0.1) is 5.82 Å². The van der Waals surface area contributed by atoms with Gasteiger partial charge in [-0.1, -0.05) is 18.0 Å². The smallest absolute Gasteiger partial charge is 0.231 e. The van der Waals surface area contributed by atoms with Crippen molar-refractivity contribution in [1.82, 2.24) is 10.1 Å². The number of rotatable bonds is 2. The lowest BCUT2D eigenvalue weighted by Gasteiger charge is -2.25. The average Bonchev–Trinajstić information content (AvgIpc) is 2.88. The third-order valence-corrected chi connectivity index (χ3v) is 4.41. The lowest BCUT2D eigenvalue weighted by atomic mass is 9.85. The van der Waals surface area contributed by atoms with Gasteiger partial charge < -0.3 is 10.3 Å². The maximum atomic E-state index is 13.1. The van der Waals surface area contributed by atoms with E-state index >= 15 is 0 Å². The summed E-state index contributed by atoms with van der Waals surface area (Å²) in [6.07, 6.45) is 4.26. The molecular weight excluding hydrogens is 325 g/mol. The predicted octanol–water partition coefficient (Wildman–Crippen LogP) is 3.62. The lowest BCUT2D eigenvalue weighted by Crippen LogP contribution is -2.31. The minimum absolute atomic E-state index is 0.0775. The SMILES string of the molecule is NC1CCCCC1c1nc(-c2ccc(F)cc2Br)no1. The third kappa shape index (κ3) is 2.62. The Morgan fingerprint density at radius 1 is 1.30 bits per heavy atom. The number of halogens is 2. The van der Waals surface area contributed by atoms with Gasteiger partial charge in [0.2, 0.25) is 11.7 Å². The molecule has 1 heterocycles. The van der Waals surface area contributed by atoms with Crippen molar-refractivity contribution < 1.29 is 8.91 Å². The van der Waals surface area contributed by atoms with Gasteiger partial charge in [0.25, 0.3) is 0 Å². The van der Waals surface area contributed by atoms with E-state index in [1.807, 2.05) is 0 Å². The molecule has 1 aromatic heterocycles. The van der Waals surface area contributed by atoms with Crippen LogP contribution >= 0.6 is 15.9 Å². The second-order valence-electron chi connectivity index (χ2n) is 5.14. The number of nitrogens with zero attached hydrogens (tertiary/aromatic N) is 2. The molecule has 6 heteroatoms. The van der Waals surface area contributed by atoms with Crippen molar-refractivity contribution in [2.24, 2.45) is 5.73 Å². The van der Waals surface area contributed by atoms with Crippen LogP contribution in [0.4, 0.5) is 4.39 Å². The van der Waals surface area contributed by atoms with Crippen LogP contribution in [0.2, 0.25) is 0 Å². The fraction of sp³-hybridized carbons (Fsp3) is 0.429. The number of nitrogens with two attached hydrogens (primary N) is 1. The summed E-state index contributed by atoms with van der Waals surface area (Å²) in [6, 6.07) is 4.48. The van der Waals surface area contributed by atoms with Crippen LogP contribution in [-0.2, 0) is 0 Å². The van der Waals surface area contributed by atoms with Gasteiger partial charge in [0.1, 0.15) is 5.82 Å². The molecule has 0 spiro atoms. The first kappa shape index (κ1) is 13.7. The molecule has 1 fully saturated rings. The highest BCUT2D eigenvalue weighted by Gasteiger charge is 2.28. The molecule has 0 radical (unpaired) electrons. The van der Waals surface area contributed by atoms with Gasteiger partial charge in [0.05, 0.1) is 5.92 Å². The van der Waals surface area contributed by atoms with Gasteiger partial charge in [0.15, 0.2) is 0 Å². The van der Waals surface area contributed by atoms with E-state index in [9.17, 15) is 4.39 Å². The number of benzene rings is 1. The van der Waals surface area contributed by atoms with Crippen molar-refractivity contribution >= 4 is 15.9 Å². The molecule has 0 amide bonds. The van der Waals surface area contributed by atoms with E-state index in [1.165, 1.54) is 12.1 Å². The maximum absolute atomic E-state index is 13.1. The van der Waals surface area contributed by atoms with Crippen molar-refractivity contribution in [2.75, 3.05) is 0 Å². The number of aromatic nitrogens is 2. The number of hydrogen-bond donors (Lipinski definition) is 1. The quantitative estimate of drug-likeness (QED) is 0.907. The molecule has 2 aromatic rings. The molecule has 1 aliphatic carbocycles. The zero-order chi connectivity index (χ0) is 14.1. The summed E-state index contributed by atoms with van der Waals surface area (Å²) < 4.78 is 19.1. The lowest BCUT2D eigenvalue weighted by molar-refractivity contribution is 0.290. The number of hydrogen-bond acceptors (Lipinski definition) is 4. The molecule has 3 rings (SSSR count). The average molecular weight is 340 g/mol. The minimum atomic E-state index is -0.307. The van der Waals surface area contributed by atoms with Crippen LogP contribution in [-0.4, -0.2) is 16.2 Å². The molecule has 0 aliphatic heterocycles. The molecule has 1 aromatic carbocycles. The summed E-state index contributed by atoms with van der Waals surface area (Å²) in [5.41, 5.74) is 6.84. The molecule has 20 heavy (non-hydrogen) atoms. The highest BCUT2D eigenvalue weighted by Crippen LogP contribution is 2.33. The highest BCUT2D eigenvalue weighted by atomic mass is 79.9. The molecule has 0 bridgehead atoms. The van der Waals surface area contributed by atoms with E-state index in [2.05, 4.69) is 26.1 Å². The van der Waals surface area contributed by atoms with Gasteiger partial charge >= 0.3 is 0 Å². The Morgan fingerprint density at radius 2 is 2.10 bits per heavy atom. The van der Waals surface area contributed by atoms with E-state index in [0.29, 0.717) is 21.8 Å². The first-order chi connectivity index (χ1) is 9.65. The second-order valence-corrected chi connectivity index (χ2v) is 5.99. The Balaban J connectivity index is 1.89. The van der Waals surface area contributed by atoms with E-state index in [-0.39, 0.29) is 17.8 Å². The topological polar surface area (TPSA) is 64.9 Å². The van der Waals surface area contributed by atoms with Crippen molar-refractivity contribution in [1.29, 1.82) is 0 Å². The molecule has 2 unspecified atom stereocenters. The first-order valence-electron chi connectivity index (χ1n) is 6.70. The van der Waals surface area contributed by atoms with Crippen molar-refractivity contribution in [3.05, 3.63) is 34.4 Å². The van der Waals surface area contributed by atoms with Gasteiger partial charge in [-0.05, 0) is 47.0 Å². The summed E-state index contributed by atoms with van der Waals surface area (Å²) in [7, 11) is 0. The Bertz CT molecular complexity index is 616. The van der Waals surface area contributed by atoms with Crippen molar-refractivity contribution in [3.8, 4) is 11.4 Å². The molecular formula is C14H15BrFN3O. The Kier molecular flexibility index (Phi) is 3.85. The molecule has 2 N–H and O–H groups in total. The monoisotopic (exact) mass is 339 g/mol. The van der Waals surface area contributed by atoms with Gasteiger partial charge in [0, 0.05) is 16.1 Å². The van der Waals surface area contributed by atoms with E-state index in [1.54, 1.807) is 6.07 Å². The Hall–Kier alpha value is -1.27. The summed E-state index contributed by atoms with van der Waals surface area (Å²) in [4.78, 5) is 4.43. The highest BCUT2D eigenvalue weighted by molar-refractivity contribution is 9.10. The van der Waals surface area contributed by atoms with Crippen LogP contribution in [0.15, 0.2) is 27.2 Å². The van der Waals surface area contributed by atoms with E-state index < -0.39 is 0 Å². The van der Waals surface area contributed by atoms with Gasteiger partial charge in [-0.15, -0.1) is 0 Å². The third-order valence-electron chi connectivity index (χ3n) is 3.75. The van der Waals surface area contributed by atoms with Gasteiger partial charge in [-0.2, -0.15) is 4.98 Å². The minimum Gasteiger partial charge on any atom is -0.339 e. The van der Waals surface area contributed by atoms with Crippen LogP contribution in [0.3, 0.4) is 0 Å². The summed E-state index contributed by atoms with van der Waals surface area (Å²) in [5, 5.41) is 3.99. The van der Waals surface area contributed by atoms with Crippen molar-refractivity contribution in [3.63, 3.8) is 0 Å². The Labute approximate surface area is 124 Å². The predicted molar refractivity (Wildman–Crippen MR) is 76.6 cm³/mol. The molecule has 0 saturated heterocycles. The van der Waals surface area contributed by atoms with E-state index in [0.717, 1.165) is 25.7 Å². The van der Waals surface area contributed by atoms with Crippen molar-refractivity contribution in [2.45, 2.75) is 37.6 Å². The second kappa shape index (κ2) is 5.61. The van der Waals surface area contributed by atoms with Crippen LogP contribution < -0.4 is 5.73 Å². The van der Waals surface area contributed by atoms with Crippen LogP contribution in [0.5, 0.6) is 0 Å². The molecule has 4 nitrogen and oxygen atoms in total. The van der Waals surface area contributed by atoms with E-state index in [4.69, 9.17) is 10.3 Å².